The minimum atomic E-state index is -0.0179. The number of benzene rings is 1. The van der Waals surface area contributed by atoms with E-state index in [0.29, 0.717) is 18.9 Å². The van der Waals surface area contributed by atoms with E-state index in [1.807, 2.05) is 24.8 Å². The highest BCUT2D eigenvalue weighted by Crippen LogP contribution is 2.27. The third kappa shape index (κ3) is 5.75. The van der Waals surface area contributed by atoms with Crippen LogP contribution in [0.25, 0.3) is 0 Å². The van der Waals surface area contributed by atoms with Gasteiger partial charge in [-0.2, -0.15) is 0 Å². The molecule has 0 saturated carbocycles. The van der Waals surface area contributed by atoms with Crippen LogP contribution in [0.2, 0.25) is 0 Å². The summed E-state index contributed by atoms with van der Waals surface area (Å²) in [7, 11) is 0. The number of ether oxygens (including phenoxy) is 1. The van der Waals surface area contributed by atoms with Crippen LogP contribution in [0.3, 0.4) is 0 Å². The zero-order chi connectivity index (χ0) is 19.1. The molecule has 0 radical (unpaired) electrons. The first kappa shape index (κ1) is 20.3. The van der Waals surface area contributed by atoms with Crippen molar-refractivity contribution in [1.82, 2.24) is 10.2 Å². The van der Waals surface area contributed by atoms with E-state index < -0.39 is 0 Å². The van der Waals surface area contributed by atoms with Crippen LogP contribution in [-0.2, 0) is 9.59 Å². The number of carbonyl (C=O) groups excluding carboxylic acids is 2. The molecule has 1 heterocycles. The summed E-state index contributed by atoms with van der Waals surface area (Å²) in [4.78, 5) is 26.2. The molecule has 1 aliphatic rings. The summed E-state index contributed by atoms with van der Waals surface area (Å²) in [6, 6.07) is 6.18. The molecule has 1 fully saturated rings. The minimum Gasteiger partial charge on any atom is -0.483 e. The Hall–Kier alpha value is -2.04. The molecule has 0 spiro atoms. The fourth-order valence-corrected chi connectivity index (χ4v) is 3.32. The second-order valence-corrected chi connectivity index (χ2v) is 7.48. The van der Waals surface area contributed by atoms with Crippen LogP contribution < -0.4 is 10.1 Å². The number of rotatable bonds is 7. The van der Waals surface area contributed by atoms with Gasteiger partial charge in [0.15, 0.2) is 6.61 Å². The lowest BCUT2D eigenvalue weighted by atomic mass is 10.0. The van der Waals surface area contributed by atoms with Gasteiger partial charge in [-0.15, -0.1) is 0 Å². The maximum absolute atomic E-state index is 12.6. The molecule has 5 heteroatoms. The van der Waals surface area contributed by atoms with Gasteiger partial charge in [-0.1, -0.05) is 32.9 Å². The average Bonchev–Trinajstić information content (AvgIpc) is 2.59. The highest BCUT2D eigenvalue weighted by Gasteiger charge is 2.25. The highest BCUT2D eigenvalue weighted by molar-refractivity contribution is 5.78. The molecule has 1 saturated heterocycles. The Labute approximate surface area is 157 Å². The van der Waals surface area contributed by atoms with Crippen LogP contribution in [0.15, 0.2) is 18.2 Å². The van der Waals surface area contributed by atoms with Crippen molar-refractivity contribution in [3.05, 3.63) is 29.3 Å². The highest BCUT2D eigenvalue weighted by atomic mass is 16.5. The molecule has 1 aliphatic heterocycles. The summed E-state index contributed by atoms with van der Waals surface area (Å²) in [6.07, 6.45) is 3.21. The van der Waals surface area contributed by atoms with E-state index >= 15 is 0 Å². The molecule has 2 amide bonds. The van der Waals surface area contributed by atoms with Gasteiger partial charge in [0, 0.05) is 25.6 Å². The Kier molecular flexibility index (Phi) is 7.49. The van der Waals surface area contributed by atoms with Crippen LogP contribution in [-0.4, -0.2) is 42.5 Å². The van der Waals surface area contributed by atoms with Gasteiger partial charge in [-0.05, 0) is 49.3 Å². The largest absolute Gasteiger partial charge is 0.483 e. The fraction of sp³-hybridized carbons (Fsp3) is 0.619. The molecule has 1 atom stereocenters. The fourth-order valence-electron chi connectivity index (χ4n) is 3.32. The second kappa shape index (κ2) is 9.60. The van der Waals surface area contributed by atoms with Crippen LogP contribution in [0, 0.1) is 6.92 Å². The molecule has 0 bridgehead atoms. The Morgan fingerprint density at radius 1 is 1.35 bits per heavy atom. The van der Waals surface area contributed by atoms with Gasteiger partial charge in [-0.3, -0.25) is 9.59 Å². The summed E-state index contributed by atoms with van der Waals surface area (Å²) in [5.41, 5.74) is 2.24. The van der Waals surface area contributed by atoms with E-state index in [4.69, 9.17) is 4.74 Å². The van der Waals surface area contributed by atoms with Crippen molar-refractivity contribution >= 4 is 11.8 Å². The summed E-state index contributed by atoms with van der Waals surface area (Å²) >= 11 is 0. The first-order valence-electron chi connectivity index (χ1n) is 9.71. The Balaban J connectivity index is 1.91. The lowest BCUT2D eigenvalue weighted by Crippen LogP contribution is -2.50. The predicted octanol–water partition coefficient (Wildman–Crippen LogP) is 3.40. The maximum atomic E-state index is 12.6. The molecular weight excluding hydrogens is 328 g/mol. The summed E-state index contributed by atoms with van der Waals surface area (Å²) in [5.74, 6) is 1.19. The monoisotopic (exact) mass is 360 g/mol. The Morgan fingerprint density at radius 2 is 2.12 bits per heavy atom. The Morgan fingerprint density at radius 3 is 2.81 bits per heavy atom. The standard InChI is InChI=1S/C21H32N2O3/c1-5-7-20(24)22-17-8-6-11-23(13-17)21(25)14-26-19-12-16(4)9-10-18(19)15(2)3/h9-10,12,15,17H,5-8,11,13-14H2,1-4H3,(H,22,24). The van der Waals surface area contributed by atoms with Crippen LogP contribution in [0.4, 0.5) is 0 Å². The third-order valence-corrected chi connectivity index (χ3v) is 4.76. The number of hydrogen-bond acceptors (Lipinski definition) is 3. The van der Waals surface area contributed by atoms with Crippen molar-refractivity contribution in [2.75, 3.05) is 19.7 Å². The van der Waals surface area contributed by atoms with Crippen molar-refractivity contribution < 1.29 is 14.3 Å². The van der Waals surface area contributed by atoms with Crippen molar-refractivity contribution in [1.29, 1.82) is 0 Å². The Bertz CT molecular complexity index is 628. The molecule has 0 aliphatic carbocycles. The topological polar surface area (TPSA) is 58.6 Å². The van der Waals surface area contributed by atoms with Crippen LogP contribution >= 0.6 is 0 Å². The van der Waals surface area contributed by atoms with Crippen LogP contribution in [0.5, 0.6) is 5.75 Å². The van der Waals surface area contributed by atoms with Gasteiger partial charge in [0.1, 0.15) is 5.75 Å². The molecule has 1 N–H and O–H groups in total. The van der Waals surface area contributed by atoms with Gasteiger partial charge < -0.3 is 15.0 Å². The van der Waals surface area contributed by atoms with E-state index in [0.717, 1.165) is 42.7 Å². The van der Waals surface area contributed by atoms with E-state index in [-0.39, 0.29) is 24.5 Å². The number of amides is 2. The van der Waals surface area contributed by atoms with Crippen molar-refractivity contribution in [3.63, 3.8) is 0 Å². The number of nitrogens with zero attached hydrogens (tertiary/aromatic N) is 1. The summed E-state index contributed by atoms with van der Waals surface area (Å²) in [6.45, 7) is 9.59. The van der Waals surface area contributed by atoms with E-state index in [1.54, 1.807) is 0 Å². The number of piperidine rings is 1. The van der Waals surface area contributed by atoms with Gasteiger partial charge in [0.25, 0.3) is 5.91 Å². The van der Waals surface area contributed by atoms with Gasteiger partial charge in [-0.25, -0.2) is 0 Å². The molecule has 1 unspecified atom stereocenters. The number of hydrogen-bond donors (Lipinski definition) is 1. The molecule has 144 valence electrons. The second-order valence-electron chi connectivity index (χ2n) is 7.48. The summed E-state index contributed by atoms with van der Waals surface area (Å²) < 4.78 is 5.87. The molecule has 2 rings (SSSR count). The molecular formula is C21H32N2O3. The number of aryl methyl sites for hydroxylation is 1. The zero-order valence-electron chi connectivity index (χ0n) is 16.5. The van der Waals surface area contributed by atoms with E-state index in [1.165, 1.54) is 0 Å². The molecule has 5 nitrogen and oxygen atoms in total. The number of likely N-dealkylation sites (tertiary alicyclic amines) is 1. The predicted molar refractivity (Wildman–Crippen MR) is 103 cm³/mol. The van der Waals surface area contributed by atoms with Crippen molar-refractivity contribution in [3.8, 4) is 5.75 Å². The molecule has 0 aromatic heterocycles. The smallest absolute Gasteiger partial charge is 0.260 e. The average molecular weight is 360 g/mol. The lowest BCUT2D eigenvalue weighted by Gasteiger charge is -2.33. The van der Waals surface area contributed by atoms with E-state index in [9.17, 15) is 9.59 Å². The zero-order valence-corrected chi connectivity index (χ0v) is 16.5. The molecule has 26 heavy (non-hydrogen) atoms. The van der Waals surface area contributed by atoms with Gasteiger partial charge >= 0.3 is 0 Å². The normalized spacial score (nSPS) is 17.3. The van der Waals surface area contributed by atoms with Gasteiger partial charge in [0.05, 0.1) is 0 Å². The number of nitrogens with one attached hydrogen (secondary N) is 1. The maximum Gasteiger partial charge on any atom is 0.260 e. The van der Waals surface area contributed by atoms with Crippen molar-refractivity contribution in [2.45, 2.75) is 65.3 Å². The third-order valence-electron chi connectivity index (χ3n) is 4.76. The molecule has 1 aromatic rings. The summed E-state index contributed by atoms with van der Waals surface area (Å²) in [5, 5.41) is 3.04. The quantitative estimate of drug-likeness (QED) is 0.811. The first-order valence-corrected chi connectivity index (χ1v) is 9.71. The van der Waals surface area contributed by atoms with E-state index in [2.05, 4.69) is 31.3 Å². The number of carbonyl (C=O) groups is 2. The van der Waals surface area contributed by atoms with Crippen molar-refractivity contribution in [2.24, 2.45) is 0 Å². The minimum absolute atomic E-state index is 0.0179. The van der Waals surface area contributed by atoms with Crippen LogP contribution in [0.1, 0.15) is 63.5 Å². The molecule has 1 aromatic carbocycles. The SMILES string of the molecule is CCCC(=O)NC1CCCN(C(=O)COc2cc(C)ccc2C(C)C)C1. The lowest BCUT2D eigenvalue weighted by molar-refractivity contribution is -0.135. The van der Waals surface area contributed by atoms with Gasteiger partial charge in [0.2, 0.25) is 5.91 Å². The first-order chi connectivity index (χ1) is 12.4.